The molecule has 1 N–H and O–H groups in total. The van der Waals surface area contributed by atoms with Crippen LogP contribution >= 0.6 is 0 Å². The van der Waals surface area contributed by atoms with E-state index in [0.29, 0.717) is 23.5 Å². The zero-order chi connectivity index (χ0) is 18.8. The number of rotatable bonds is 4. The highest BCUT2D eigenvalue weighted by Crippen LogP contribution is 2.52. The first-order valence-electron chi connectivity index (χ1n) is 8.34. The highest BCUT2D eigenvalue weighted by molar-refractivity contribution is 5.99. The van der Waals surface area contributed by atoms with Crippen molar-refractivity contribution in [2.45, 2.75) is 19.3 Å². The Morgan fingerprint density at radius 3 is 2.38 bits per heavy atom. The van der Waals surface area contributed by atoms with E-state index in [-0.39, 0.29) is 17.6 Å². The van der Waals surface area contributed by atoms with E-state index >= 15 is 0 Å². The number of phenolic OH excluding ortho intramolecular Hbond substituents is 1. The predicted molar refractivity (Wildman–Crippen MR) is 98.7 cm³/mol. The summed E-state index contributed by atoms with van der Waals surface area (Å²) in [4.78, 5) is 12.3. The largest absolute Gasteiger partial charge is 0.502 e. The quantitative estimate of drug-likeness (QED) is 0.844. The van der Waals surface area contributed by atoms with Crippen molar-refractivity contribution in [3.8, 4) is 17.2 Å². The van der Waals surface area contributed by atoms with Crippen LogP contribution in [0.4, 0.5) is 0 Å². The summed E-state index contributed by atoms with van der Waals surface area (Å²) in [6, 6.07) is 11.6. The van der Waals surface area contributed by atoms with Crippen LogP contribution in [0.15, 0.2) is 42.0 Å². The SMILES string of the molecule is COC(=O)C1=C(C)c2cc(OC)c(O)c(OC)c2[C@@H](c2ccccc2)C1. The Kier molecular flexibility index (Phi) is 4.89. The van der Waals surface area contributed by atoms with Crippen LogP contribution in [0.3, 0.4) is 0 Å². The van der Waals surface area contributed by atoms with Crippen molar-refractivity contribution in [3.63, 3.8) is 0 Å². The second-order valence-corrected chi connectivity index (χ2v) is 6.18. The summed E-state index contributed by atoms with van der Waals surface area (Å²) in [5.41, 5.74) is 4.11. The van der Waals surface area contributed by atoms with Gasteiger partial charge in [-0.2, -0.15) is 0 Å². The van der Waals surface area contributed by atoms with Crippen molar-refractivity contribution in [1.82, 2.24) is 0 Å². The van der Waals surface area contributed by atoms with Crippen LogP contribution < -0.4 is 9.47 Å². The predicted octanol–water partition coefficient (Wildman–Crippen LogP) is 3.89. The number of methoxy groups -OCH3 is 3. The van der Waals surface area contributed by atoms with Crippen LogP contribution in [-0.4, -0.2) is 32.4 Å². The summed E-state index contributed by atoms with van der Waals surface area (Å²) in [6.45, 7) is 1.88. The second-order valence-electron chi connectivity index (χ2n) is 6.18. The van der Waals surface area contributed by atoms with E-state index in [2.05, 4.69) is 0 Å². The zero-order valence-electron chi connectivity index (χ0n) is 15.3. The molecule has 0 radical (unpaired) electrons. The fraction of sp³-hybridized carbons (Fsp3) is 0.286. The fourth-order valence-corrected chi connectivity index (χ4v) is 3.61. The number of phenols is 1. The van der Waals surface area contributed by atoms with Gasteiger partial charge in [-0.15, -0.1) is 0 Å². The third-order valence-corrected chi connectivity index (χ3v) is 4.93. The molecule has 0 saturated carbocycles. The number of benzene rings is 2. The lowest BCUT2D eigenvalue weighted by Crippen LogP contribution is -2.18. The second kappa shape index (κ2) is 7.12. The highest BCUT2D eigenvalue weighted by Gasteiger charge is 2.34. The van der Waals surface area contributed by atoms with E-state index in [0.717, 1.165) is 22.3 Å². The summed E-state index contributed by atoms with van der Waals surface area (Å²) in [5, 5.41) is 10.6. The van der Waals surface area contributed by atoms with E-state index < -0.39 is 0 Å². The van der Waals surface area contributed by atoms with E-state index in [9.17, 15) is 9.90 Å². The smallest absolute Gasteiger partial charge is 0.334 e. The maximum Gasteiger partial charge on any atom is 0.334 e. The van der Waals surface area contributed by atoms with Crippen LogP contribution in [0, 0.1) is 0 Å². The number of fused-ring (bicyclic) bond motifs is 1. The first kappa shape index (κ1) is 17.9. The first-order valence-corrected chi connectivity index (χ1v) is 8.34. The van der Waals surface area contributed by atoms with Crippen LogP contribution in [0.1, 0.15) is 36.0 Å². The molecular weight excluding hydrogens is 332 g/mol. The van der Waals surface area contributed by atoms with Crippen molar-refractivity contribution in [2.75, 3.05) is 21.3 Å². The summed E-state index contributed by atoms with van der Waals surface area (Å²) in [7, 11) is 4.39. The molecule has 0 amide bonds. The number of aromatic hydroxyl groups is 1. The first-order chi connectivity index (χ1) is 12.5. The van der Waals surface area contributed by atoms with E-state index in [1.165, 1.54) is 21.3 Å². The van der Waals surface area contributed by atoms with Crippen molar-refractivity contribution in [1.29, 1.82) is 0 Å². The molecule has 1 aliphatic rings. The molecule has 0 saturated heterocycles. The minimum atomic E-state index is -0.347. The standard InChI is InChI=1S/C21H22O5/c1-12-14-11-17(24-2)19(22)20(25-3)18(14)16(10-15(12)21(23)26-4)13-8-6-5-7-9-13/h5-9,11,16,22H,10H2,1-4H3/t16-/m1/s1. The Morgan fingerprint density at radius 1 is 1.12 bits per heavy atom. The molecular formula is C21H22O5. The molecule has 136 valence electrons. The molecule has 2 aromatic rings. The van der Waals surface area contributed by atoms with Gasteiger partial charge in [-0.05, 0) is 36.1 Å². The molecule has 0 aromatic heterocycles. The topological polar surface area (TPSA) is 65.0 Å². The van der Waals surface area contributed by atoms with Gasteiger partial charge in [0.2, 0.25) is 5.75 Å². The summed E-state index contributed by atoms with van der Waals surface area (Å²) in [6.07, 6.45) is 0.470. The Morgan fingerprint density at radius 2 is 1.81 bits per heavy atom. The Balaban J connectivity index is 2.34. The third kappa shape index (κ3) is 2.79. The van der Waals surface area contributed by atoms with Gasteiger partial charge < -0.3 is 19.3 Å². The number of esters is 1. The lowest BCUT2D eigenvalue weighted by atomic mass is 9.75. The average molecular weight is 354 g/mol. The van der Waals surface area contributed by atoms with Gasteiger partial charge in [0.05, 0.1) is 21.3 Å². The van der Waals surface area contributed by atoms with Crippen molar-refractivity contribution in [3.05, 3.63) is 58.7 Å². The average Bonchev–Trinajstić information content (AvgIpc) is 2.68. The van der Waals surface area contributed by atoms with Crippen molar-refractivity contribution >= 4 is 11.5 Å². The van der Waals surface area contributed by atoms with Crippen LogP contribution in [0.5, 0.6) is 17.2 Å². The van der Waals surface area contributed by atoms with E-state index in [1.807, 2.05) is 37.3 Å². The number of hydrogen-bond acceptors (Lipinski definition) is 5. The molecule has 0 unspecified atom stereocenters. The van der Waals surface area contributed by atoms with Gasteiger partial charge in [0.1, 0.15) is 0 Å². The zero-order valence-corrected chi connectivity index (χ0v) is 15.3. The number of allylic oxidation sites excluding steroid dienone is 1. The number of carbonyl (C=O) groups is 1. The normalized spacial score (nSPS) is 16.1. The van der Waals surface area contributed by atoms with Crippen molar-refractivity contribution in [2.24, 2.45) is 0 Å². The summed E-state index contributed by atoms with van der Waals surface area (Å²) in [5.74, 6) is 0.147. The van der Waals surface area contributed by atoms with Crippen LogP contribution in [0.2, 0.25) is 0 Å². The van der Waals surface area contributed by atoms with Crippen LogP contribution in [-0.2, 0) is 9.53 Å². The van der Waals surface area contributed by atoms with Gasteiger partial charge in [-0.1, -0.05) is 30.3 Å². The molecule has 0 spiro atoms. The Hall–Kier alpha value is -2.95. The molecule has 0 bridgehead atoms. The van der Waals surface area contributed by atoms with Gasteiger partial charge in [0, 0.05) is 17.1 Å². The van der Waals surface area contributed by atoms with Gasteiger partial charge >= 0.3 is 5.97 Å². The monoisotopic (exact) mass is 354 g/mol. The van der Waals surface area contributed by atoms with Crippen LogP contribution in [0.25, 0.3) is 5.57 Å². The lowest BCUT2D eigenvalue weighted by molar-refractivity contribution is -0.136. The Bertz CT molecular complexity index is 868. The summed E-state index contributed by atoms with van der Waals surface area (Å²) >= 11 is 0. The molecule has 2 aromatic carbocycles. The summed E-state index contributed by atoms with van der Waals surface area (Å²) < 4.78 is 15.8. The molecule has 3 rings (SSSR count). The molecule has 26 heavy (non-hydrogen) atoms. The molecule has 5 nitrogen and oxygen atoms in total. The molecule has 0 aliphatic heterocycles. The van der Waals surface area contributed by atoms with Gasteiger partial charge in [-0.25, -0.2) is 4.79 Å². The fourth-order valence-electron chi connectivity index (χ4n) is 3.61. The Labute approximate surface area is 152 Å². The maximum atomic E-state index is 12.3. The van der Waals surface area contributed by atoms with E-state index in [1.54, 1.807) is 6.07 Å². The molecule has 0 heterocycles. The lowest BCUT2D eigenvalue weighted by Gasteiger charge is -2.30. The molecule has 5 heteroatoms. The van der Waals surface area contributed by atoms with Gasteiger partial charge in [0.15, 0.2) is 11.5 Å². The highest BCUT2D eigenvalue weighted by atomic mass is 16.5. The minimum Gasteiger partial charge on any atom is -0.502 e. The van der Waals surface area contributed by atoms with Crippen molar-refractivity contribution < 1.29 is 24.1 Å². The number of carbonyl (C=O) groups excluding carboxylic acids is 1. The number of hydrogen-bond donors (Lipinski definition) is 1. The number of ether oxygens (including phenoxy) is 3. The molecule has 1 atom stereocenters. The molecule has 0 fully saturated rings. The third-order valence-electron chi connectivity index (χ3n) is 4.93. The minimum absolute atomic E-state index is 0.0380. The van der Waals surface area contributed by atoms with Gasteiger partial charge in [-0.3, -0.25) is 0 Å². The molecule has 1 aliphatic carbocycles. The van der Waals surface area contributed by atoms with E-state index in [4.69, 9.17) is 14.2 Å². The van der Waals surface area contributed by atoms with Gasteiger partial charge in [0.25, 0.3) is 0 Å². The maximum absolute atomic E-state index is 12.3.